The zero-order valence-electron chi connectivity index (χ0n) is 33.9. The van der Waals surface area contributed by atoms with Gasteiger partial charge in [-0.2, -0.15) is 0 Å². The summed E-state index contributed by atoms with van der Waals surface area (Å²) in [5.41, 5.74) is 0. The van der Waals surface area contributed by atoms with E-state index in [1.165, 1.54) is 44.9 Å². The van der Waals surface area contributed by atoms with Crippen LogP contribution in [0.3, 0.4) is 0 Å². The van der Waals surface area contributed by atoms with Gasteiger partial charge in [-0.25, -0.2) is 0 Å². The van der Waals surface area contributed by atoms with Crippen molar-refractivity contribution in [3.8, 4) is 0 Å². The van der Waals surface area contributed by atoms with Gasteiger partial charge in [-0.15, -0.1) is 0 Å². The number of carboxylic acid groups (broad SMARTS) is 1. The summed E-state index contributed by atoms with van der Waals surface area (Å²) >= 11 is 0. The predicted octanol–water partition coefficient (Wildman–Crippen LogP) is 8.94. The van der Waals surface area contributed by atoms with Crippen LogP contribution in [-0.4, -0.2) is 82.3 Å². The van der Waals surface area contributed by atoms with E-state index in [1.54, 1.807) is 0 Å². The Morgan fingerprint density at radius 2 is 1.06 bits per heavy atom. The number of carbonyl (C=O) groups excluding carboxylic acids is 3. The second-order valence-corrected chi connectivity index (χ2v) is 14.9. The SMILES string of the molecule is CCCC/C=C\CCCCCCCC(=O)OCC(COC(OCC[N+](C)(C)C)C(=O)[O-])OC(=O)CCCCCCC/C=C\C/C=C\CCCCCC. The van der Waals surface area contributed by atoms with Crippen LogP contribution in [0.1, 0.15) is 162 Å². The van der Waals surface area contributed by atoms with Crippen molar-refractivity contribution in [3.05, 3.63) is 36.5 Å². The lowest BCUT2D eigenvalue weighted by Gasteiger charge is -2.26. The molecule has 302 valence electrons. The molecule has 9 nitrogen and oxygen atoms in total. The molecule has 0 heterocycles. The molecule has 52 heavy (non-hydrogen) atoms. The highest BCUT2D eigenvalue weighted by Crippen LogP contribution is 2.12. The van der Waals surface area contributed by atoms with E-state index in [0.29, 0.717) is 17.4 Å². The molecule has 0 aliphatic carbocycles. The first-order valence-electron chi connectivity index (χ1n) is 20.6. The molecule has 0 aliphatic rings. The van der Waals surface area contributed by atoms with E-state index in [0.717, 1.165) is 83.5 Å². The highest BCUT2D eigenvalue weighted by molar-refractivity contribution is 5.70. The molecule has 9 heteroatoms. The van der Waals surface area contributed by atoms with Crippen LogP contribution in [0.2, 0.25) is 0 Å². The fraction of sp³-hybridized carbons (Fsp3) is 0.791. The van der Waals surface area contributed by atoms with Crippen molar-refractivity contribution in [3.63, 3.8) is 0 Å². The molecular weight excluding hydrogens is 658 g/mol. The number of likely N-dealkylation sites (N-methyl/N-ethyl adjacent to an activating group) is 1. The average molecular weight is 736 g/mol. The Bertz CT molecular complexity index is 955. The predicted molar refractivity (Wildman–Crippen MR) is 209 cm³/mol. The van der Waals surface area contributed by atoms with Crippen molar-refractivity contribution in [2.75, 3.05) is 47.5 Å². The zero-order chi connectivity index (χ0) is 38.5. The summed E-state index contributed by atoms with van der Waals surface area (Å²) in [5.74, 6) is -2.32. The lowest BCUT2D eigenvalue weighted by molar-refractivity contribution is -0.870. The summed E-state index contributed by atoms with van der Waals surface area (Å²) < 4.78 is 22.4. The Balaban J connectivity index is 4.53. The lowest BCUT2D eigenvalue weighted by Crippen LogP contribution is -2.44. The third kappa shape index (κ3) is 35.9. The molecule has 0 N–H and O–H groups in total. The minimum absolute atomic E-state index is 0.143. The minimum atomic E-state index is -1.62. The van der Waals surface area contributed by atoms with Gasteiger partial charge < -0.3 is 33.3 Å². The van der Waals surface area contributed by atoms with E-state index in [-0.39, 0.29) is 38.6 Å². The number of carbonyl (C=O) groups is 3. The van der Waals surface area contributed by atoms with E-state index in [2.05, 4.69) is 50.3 Å². The highest BCUT2D eigenvalue weighted by Gasteiger charge is 2.21. The maximum absolute atomic E-state index is 12.7. The molecule has 0 bridgehead atoms. The third-order valence-corrected chi connectivity index (χ3v) is 8.61. The molecule has 0 aromatic heterocycles. The summed E-state index contributed by atoms with van der Waals surface area (Å²) in [5, 5.41) is 11.6. The Morgan fingerprint density at radius 1 is 0.577 bits per heavy atom. The van der Waals surface area contributed by atoms with Gasteiger partial charge in [-0.1, -0.05) is 121 Å². The van der Waals surface area contributed by atoms with Crippen LogP contribution in [0.15, 0.2) is 36.5 Å². The van der Waals surface area contributed by atoms with Crippen molar-refractivity contribution in [2.24, 2.45) is 0 Å². The standard InChI is InChI=1S/C43H77NO8/c1-6-8-10-12-14-16-18-19-20-21-22-24-26-28-30-32-34-41(46)52-39(38-51-43(42(47)48)49-36-35-44(3,4)5)37-50-40(45)33-31-29-27-25-23-17-15-13-11-9-7-2/h13,15-16,18,20-21,39,43H,6-12,14,17,19,22-38H2,1-5H3/b15-13-,18-16-,21-20-. The number of hydrogen-bond acceptors (Lipinski definition) is 8. The van der Waals surface area contributed by atoms with Crippen LogP contribution in [0, 0.1) is 0 Å². The Hall–Kier alpha value is -2.49. The largest absolute Gasteiger partial charge is 0.545 e. The van der Waals surface area contributed by atoms with Crippen LogP contribution in [0.25, 0.3) is 0 Å². The number of unbranched alkanes of at least 4 members (excludes halogenated alkanes) is 16. The van der Waals surface area contributed by atoms with Gasteiger partial charge in [-0.05, 0) is 64.2 Å². The number of aliphatic carboxylic acids is 1. The monoisotopic (exact) mass is 736 g/mol. The van der Waals surface area contributed by atoms with Gasteiger partial charge in [0.1, 0.15) is 13.2 Å². The zero-order valence-corrected chi connectivity index (χ0v) is 33.9. The normalized spacial score (nSPS) is 13.3. The van der Waals surface area contributed by atoms with Crippen LogP contribution < -0.4 is 5.11 Å². The number of nitrogens with zero attached hydrogens (tertiary/aromatic N) is 1. The Labute approximate surface area is 318 Å². The number of rotatable bonds is 37. The van der Waals surface area contributed by atoms with Gasteiger partial charge in [0.2, 0.25) is 0 Å². The number of esters is 2. The molecule has 0 saturated carbocycles. The molecule has 0 saturated heterocycles. The summed E-state index contributed by atoms with van der Waals surface area (Å²) in [6.07, 6.45) is 34.6. The van der Waals surface area contributed by atoms with E-state index in [9.17, 15) is 19.5 Å². The smallest absolute Gasteiger partial charge is 0.306 e. The highest BCUT2D eigenvalue weighted by atomic mass is 16.7. The molecule has 0 aromatic carbocycles. The number of hydrogen-bond donors (Lipinski definition) is 0. The second kappa shape index (κ2) is 35.5. The molecule has 0 fully saturated rings. The van der Waals surface area contributed by atoms with Gasteiger partial charge >= 0.3 is 11.9 Å². The minimum Gasteiger partial charge on any atom is -0.545 e. The average Bonchev–Trinajstić information content (AvgIpc) is 3.09. The number of quaternary nitrogens is 1. The molecule has 0 spiro atoms. The van der Waals surface area contributed by atoms with E-state index >= 15 is 0 Å². The van der Waals surface area contributed by atoms with E-state index in [4.69, 9.17) is 18.9 Å². The topological polar surface area (TPSA) is 111 Å². The molecular formula is C43H77NO8. The third-order valence-electron chi connectivity index (χ3n) is 8.61. The number of ether oxygens (including phenoxy) is 4. The van der Waals surface area contributed by atoms with Crippen LogP contribution in [0.4, 0.5) is 0 Å². The van der Waals surface area contributed by atoms with Crippen molar-refractivity contribution in [1.82, 2.24) is 0 Å². The fourth-order valence-electron chi connectivity index (χ4n) is 5.31. The summed E-state index contributed by atoms with van der Waals surface area (Å²) in [6, 6.07) is 0. The van der Waals surface area contributed by atoms with Crippen molar-refractivity contribution in [1.29, 1.82) is 0 Å². The number of carboxylic acids is 1. The molecule has 0 amide bonds. The molecule has 2 atom stereocenters. The van der Waals surface area contributed by atoms with E-state index in [1.807, 2.05) is 21.1 Å². The first-order chi connectivity index (χ1) is 25.1. The fourth-order valence-corrected chi connectivity index (χ4v) is 5.31. The van der Waals surface area contributed by atoms with Crippen LogP contribution in [-0.2, 0) is 33.3 Å². The van der Waals surface area contributed by atoms with Gasteiger partial charge in [0, 0.05) is 12.8 Å². The van der Waals surface area contributed by atoms with E-state index < -0.39 is 24.3 Å². The van der Waals surface area contributed by atoms with Gasteiger partial charge in [0.05, 0.1) is 40.3 Å². The maximum atomic E-state index is 12.7. The molecule has 2 unspecified atom stereocenters. The van der Waals surface area contributed by atoms with Crippen LogP contribution in [0.5, 0.6) is 0 Å². The first kappa shape index (κ1) is 49.5. The van der Waals surface area contributed by atoms with Gasteiger partial charge in [0.15, 0.2) is 12.4 Å². The summed E-state index contributed by atoms with van der Waals surface area (Å²) in [7, 11) is 5.89. The summed E-state index contributed by atoms with van der Waals surface area (Å²) in [4.78, 5) is 36.8. The first-order valence-corrected chi connectivity index (χ1v) is 20.6. The maximum Gasteiger partial charge on any atom is 0.306 e. The van der Waals surface area contributed by atoms with Crippen molar-refractivity contribution >= 4 is 17.9 Å². The second-order valence-electron chi connectivity index (χ2n) is 14.9. The summed E-state index contributed by atoms with van der Waals surface area (Å²) in [6.45, 7) is 4.63. The van der Waals surface area contributed by atoms with Crippen LogP contribution >= 0.6 is 0 Å². The van der Waals surface area contributed by atoms with Crippen molar-refractivity contribution < 1.29 is 42.9 Å². The quantitative estimate of drug-likeness (QED) is 0.0205. The molecule has 0 radical (unpaired) electrons. The Morgan fingerprint density at radius 3 is 1.60 bits per heavy atom. The lowest BCUT2D eigenvalue weighted by atomic mass is 10.1. The Kier molecular flexibility index (Phi) is 33.8. The number of allylic oxidation sites excluding steroid dienone is 6. The molecule has 0 aliphatic heterocycles. The van der Waals surface area contributed by atoms with Gasteiger partial charge in [-0.3, -0.25) is 9.59 Å². The molecule has 0 aromatic rings. The molecule has 0 rings (SSSR count). The van der Waals surface area contributed by atoms with Gasteiger partial charge in [0.25, 0.3) is 0 Å². The van der Waals surface area contributed by atoms with Crippen molar-refractivity contribution in [2.45, 2.75) is 174 Å².